The van der Waals surface area contributed by atoms with Crippen LogP contribution in [0.3, 0.4) is 0 Å². The van der Waals surface area contributed by atoms with Crippen molar-refractivity contribution in [2.45, 2.75) is 6.92 Å². The van der Waals surface area contributed by atoms with E-state index < -0.39 is 0 Å². The van der Waals surface area contributed by atoms with Gasteiger partial charge in [-0.3, -0.25) is 0 Å². The maximum Gasteiger partial charge on any atom is 0.161 e. The van der Waals surface area contributed by atoms with Crippen LogP contribution in [0.5, 0.6) is 11.5 Å². The third-order valence-corrected chi connectivity index (χ3v) is 1.81. The monoisotopic (exact) mass is 211 g/mol. The molecule has 0 bridgehead atoms. The van der Waals surface area contributed by atoms with E-state index in [4.69, 9.17) is 9.47 Å². The van der Waals surface area contributed by atoms with Gasteiger partial charge in [-0.05, 0) is 43.5 Å². The van der Waals surface area contributed by atoms with E-state index in [0.29, 0.717) is 6.61 Å². The lowest BCUT2D eigenvalue weighted by Crippen LogP contribution is -1.96. The number of rotatable bonds is 4. The van der Waals surface area contributed by atoms with Crippen LogP contribution in [0.4, 0.5) is 0 Å². The molecule has 1 aromatic carbocycles. The summed E-state index contributed by atoms with van der Waals surface area (Å²) in [6.45, 7) is 2.54. The molecule has 0 heterocycles. The Hall–Kier alpha value is -1.16. The third-order valence-electron chi connectivity index (χ3n) is 1.69. The highest BCUT2D eigenvalue weighted by atomic mass is 32.1. The van der Waals surface area contributed by atoms with Gasteiger partial charge in [-0.1, -0.05) is 0 Å². The number of nitrogens with zero attached hydrogens (tertiary/aromatic N) is 1. The van der Waals surface area contributed by atoms with Crippen LogP contribution in [-0.2, 0) is 0 Å². The second-order valence-electron chi connectivity index (χ2n) is 2.59. The lowest BCUT2D eigenvalue weighted by molar-refractivity contribution is 0.311. The van der Waals surface area contributed by atoms with Crippen molar-refractivity contribution in [2.75, 3.05) is 13.7 Å². The number of ether oxygens (including phenoxy) is 2. The molecule has 3 nitrogen and oxygen atoms in total. The van der Waals surface area contributed by atoms with E-state index in [2.05, 4.69) is 17.2 Å². The molecule has 0 aliphatic carbocycles. The molecule has 0 spiro atoms. The van der Waals surface area contributed by atoms with Crippen molar-refractivity contribution < 1.29 is 9.47 Å². The topological polar surface area (TPSA) is 30.8 Å². The van der Waals surface area contributed by atoms with Crippen LogP contribution < -0.4 is 9.47 Å². The lowest BCUT2D eigenvalue weighted by atomic mass is 10.2. The second kappa shape index (κ2) is 5.54. The van der Waals surface area contributed by atoms with Crippen molar-refractivity contribution in [3.05, 3.63) is 23.8 Å². The smallest absolute Gasteiger partial charge is 0.161 e. The quantitative estimate of drug-likeness (QED) is 0.612. The summed E-state index contributed by atoms with van der Waals surface area (Å²) in [5, 5.41) is 0. The fourth-order valence-corrected chi connectivity index (χ4v) is 1.24. The van der Waals surface area contributed by atoms with Crippen molar-refractivity contribution in [3.63, 3.8) is 0 Å². The van der Waals surface area contributed by atoms with Gasteiger partial charge in [-0.2, -0.15) is 0 Å². The van der Waals surface area contributed by atoms with Gasteiger partial charge in [0.15, 0.2) is 11.5 Å². The Labute approximate surface area is 89.3 Å². The zero-order valence-corrected chi connectivity index (χ0v) is 9.12. The molecule has 14 heavy (non-hydrogen) atoms. The van der Waals surface area contributed by atoms with E-state index in [9.17, 15) is 0 Å². The number of thiol groups is 1. The molecule has 1 rings (SSSR count). The molecule has 0 unspecified atom stereocenters. The fourth-order valence-electron chi connectivity index (χ4n) is 1.11. The molecule has 0 amide bonds. The normalized spacial score (nSPS) is 10.5. The molecule has 0 N–H and O–H groups in total. The first-order chi connectivity index (χ1) is 6.81. The summed E-state index contributed by atoms with van der Waals surface area (Å²) in [5.74, 6) is 1.45. The highest BCUT2D eigenvalue weighted by Crippen LogP contribution is 2.27. The van der Waals surface area contributed by atoms with Gasteiger partial charge in [0.05, 0.1) is 13.7 Å². The van der Waals surface area contributed by atoms with Crippen LogP contribution >= 0.6 is 12.8 Å². The van der Waals surface area contributed by atoms with E-state index in [-0.39, 0.29) is 0 Å². The first kappa shape index (κ1) is 10.9. The number of benzene rings is 1. The molecular weight excluding hydrogens is 198 g/mol. The van der Waals surface area contributed by atoms with Crippen LogP contribution in [0.15, 0.2) is 22.6 Å². The Bertz CT molecular complexity index is 326. The minimum absolute atomic E-state index is 0.609. The van der Waals surface area contributed by atoms with Gasteiger partial charge >= 0.3 is 0 Å². The summed E-state index contributed by atoms with van der Waals surface area (Å²) in [7, 11) is 1.62. The van der Waals surface area contributed by atoms with Crippen LogP contribution in [0.2, 0.25) is 0 Å². The Morgan fingerprint density at radius 2 is 2.21 bits per heavy atom. The Morgan fingerprint density at radius 3 is 2.79 bits per heavy atom. The highest BCUT2D eigenvalue weighted by molar-refractivity contribution is 7.79. The van der Waals surface area contributed by atoms with Crippen LogP contribution in [-0.4, -0.2) is 19.9 Å². The summed E-state index contributed by atoms with van der Waals surface area (Å²) in [4.78, 5) is 0. The van der Waals surface area contributed by atoms with Crippen LogP contribution in [0.1, 0.15) is 12.5 Å². The predicted molar refractivity (Wildman–Crippen MR) is 60.7 cm³/mol. The standard InChI is InChI=1S/C10H13NO2S/c1-3-13-10-6-8(7-11-14)4-5-9(10)12-2/h4-7,14H,3H2,1-2H3/b11-7-. The van der Waals surface area contributed by atoms with E-state index >= 15 is 0 Å². The average molecular weight is 211 g/mol. The summed E-state index contributed by atoms with van der Waals surface area (Å²) < 4.78 is 14.2. The van der Waals surface area contributed by atoms with Gasteiger partial charge in [0.25, 0.3) is 0 Å². The third kappa shape index (κ3) is 2.67. The number of hydrogen-bond acceptors (Lipinski definition) is 4. The van der Waals surface area contributed by atoms with E-state index in [0.717, 1.165) is 17.1 Å². The zero-order chi connectivity index (χ0) is 10.4. The van der Waals surface area contributed by atoms with Gasteiger partial charge in [0, 0.05) is 6.21 Å². The lowest BCUT2D eigenvalue weighted by Gasteiger charge is -2.09. The molecule has 0 aliphatic heterocycles. The molecule has 1 aromatic rings. The molecule has 0 aliphatic rings. The summed E-state index contributed by atoms with van der Waals surface area (Å²) in [6.07, 6.45) is 1.64. The van der Waals surface area contributed by atoms with Gasteiger partial charge in [0.1, 0.15) is 0 Å². The van der Waals surface area contributed by atoms with E-state index in [1.165, 1.54) is 0 Å². The first-order valence-electron chi connectivity index (χ1n) is 4.30. The number of hydrogen-bond donors (Lipinski definition) is 1. The van der Waals surface area contributed by atoms with Crippen molar-refractivity contribution in [2.24, 2.45) is 4.40 Å². The van der Waals surface area contributed by atoms with E-state index in [1.807, 2.05) is 25.1 Å². The minimum Gasteiger partial charge on any atom is -0.493 e. The van der Waals surface area contributed by atoms with Gasteiger partial charge in [-0.15, -0.1) is 0 Å². The van der Waals surface area contributed by atoms with Crippen molar-refractivity contribution in [3.8, 4) is 11.5 Å². The predicted octanol–water partition coefficient (Wildman–Crippen LogP) is 2.36. The molecule has 0 fully saturated rings. The average Bonchev–Trinajstić information content (AvgIpc) is 2.19. The molecule has 0 atom stereocenters. The largest absolute Gasteiger partial charge is 0.493 e. The van der Waals surface area contributed by atoms with Gasteiger partial charge in [0.2, 0.25) is 0 Å². The maximum absolute atomic E-state index is 5.40. The zero-order valence-electron chi connectivity index (χ0n) is 8.23. The molecular formula is C10H13NO2S. The van der Waals surface area contributed by atoms with Crippen molar-refractivity contribution in [1.82, 2.24) is 0 Å². The maximum atomic E-state index is 5.40. The Balaban J connectivity index is 3.00. The van der Waals surface area contributed by atoms with Gasteiger partial charge in [-0.25, -0.2) is 4.40 Å². The molecule has 0 saturated carbocycles. The van der Waals surface area contributed by atoms with Crippen molar-refractivity contribution in [1.29, 1.82) is 0 Å². The first-order valence-corrected chi connectivity index (χ1v) is 4.70. The Kier molecular flexibility index (Phi) is 4.32. The molecule has 0 radical (unpaired) electrons. The Morgan fingerprint density at radius 1 is 1.43 bits per heavy atom. The fraction of sp³-hybridized carbons (Fsp3) is 0.300. The summed E-state index contributed by atoms with van der Waals surface area (Å²) >= 11 is 3.76. The SMILES string of the molecule is CCOc1cc(/C=N\S)ccc1OC. The highest BCUT2D eigenvalue weighted by Gasteiger charge is 2.03. The molecule has 0 aromatic heterocycles. The summed E-state index contributed by atoms with van der Waals surface area (Å²) in [5.41, 5.74) is 0.934. The van der Waals surface area contributed by atoms with E-state index in [1.54, 1.807) is 13.3 Å². The minimum atomic E-state index is 0.609. The van der Waals surface area contributed by atoms with Crippen LogP contribution in [0.25, 0.3) is 0 Å². The molecule has 76 valence electrons. The van der Waals surface area contributed by atoms with Gasteiger partial charge < -0.3 is 9.47 Å². The molecule has 0 saturated heterocycles. The second-order valence-corrected chi connectivity index (χ2v) is 2.82. The summed E-state index contributed by atoms with van der Waals surface area (Å²) in [6, 6.07) is 5.60. The number of methoxy groups -OCH3 is 1. The molecule has 4 heteroatoms. The van der Waals surface area contributed by atoms with Crippen molar-refractivity contribution >= 4 is 19.0 Å². The van der Waals surface area contributed by atoms with Crippen LogP contribution in [0, 0.1) is 0 Å².